The summed E-state index contributed by atoms with van der Waals surface area (Å²) in [5.41, 5.74) is 1.60. The molecule has 96 valence electrons. The third-order valence-electron chi connectivity index (χ3n) is 2.70. The van der Waals surface area contributed by atoms with Crippen LogP contribution in [0, 0.1) is 6.92 Å². The first-order valence-electron chi connectivity index (χ1n) is 5.41. The molecule has 0 N–H and O–H groups in total. The van der Waals surface area contributed by atoms with Gasteiger partial charge in [0.25, 0.3) is 0 Å². The first-order valence-corrected chi connectivity index (χ1v) is 5.41. The van der Waals surface area contributed by atoms with Gasteiger partial charge in [0.2, 0.25) is 0 Å². The molecule has 1 atom stereocenters. The molecule has 0 aliphatic heterocycles. The van der Waals surface area contributed by atoms with E-state index >= 15 is 0 Å². The predicted octanol–water partition coefficient (Wildman–Crippen LogP) is 2.52. The van der Waals surface area contributed by atoms with Gasteiger partial charge in [-0.1, -0.05) is 18.2 Å². The predicted molar refractivity (Wildman–Crippen MR) is 71.9 cm³/mol. The minimum atomic E-state index is -0.244. The Hall–Kier alpha value is -1.06. The lowest BCUT2D eigenvalue weighted by molar-refractivity contribution is 0.0416. The van der Waals surface area contributed by atoms with Crippen molar-refractivity contribution >= 4 is 18.4 Å². The van der Waals surface area contributed by atoms with Gasteiger partial charge in [0.1, 0.15) is 6.61 Å². The number of hydrogen-bond donors (Lipinski definition) is 0. The summed E-state index contributed by atoms with van der Waals surface area (Å²) >= 11 is 0. The maximum absolute atomic E-state index is 11.8. The maximum atomic E-state index is 11.8. The Morgan fingerprint density at radius 3 is 2.47 bits per heavy atom. The van der Waals surface area contributed by atoms with Crippen molar-refractivity contribution in [1.29, 1.82) is 0 Å². The van der Waals surface area contributed by atoms with E-state index in [0.29, 0.717) is 12.2 Å². The number of halogens is 1. The van der Waals surface area contributed by atoms with E-state index in [4.69, 9.17) is 4.74 Å². The smallest absolute Gasteiger partial charge is 0.338 e. The Bertz CT molecular complexity index is 366. The molecule has 1 rings (SSSR count). The molecular formula is C13H20ClNO2. The van der Waals surface area contributed by atoms with Gasteiger partial charge in [-0.25, -0.2) is 4.79 Å². The normalized spacial score (nSPS) is 11.8. The Morgan fingerprint density at radius 2 is 1.94 bits per heavy atom. The Balaban J connectivity index is 0.00000256. The number of aryl methyl sites for hydroxylation is 1. The first kappa shape index (κ1) is 15.9. The van der Waals surface area contributed by atoms with Gasteiger partial charge in [0, 0.05) is 6.04 Å². The molecule has 0 aromatic heterocycles. The molecule has 1 unspecified atom stereocenters. The van der Waals surface area contributed by atoms with Crippen LogP contribution in [0.3, 0.4) is 0 Å². The van der Waals surface area contributed by atoms with Gasteiger partial charge in [-0.05, 0) is 39.6 Å². The average molecular weight is 258 g/mol. The van der Waals surface area contributed by atoms with E-state index in [-0.39, 0.29) is 24.4 Å². The summed E-state index contributed by atoms with van der Waals surface area (Å²) in [6.07, 6.45) is 0. The summed E-state index contributed by atoms with van der Waals surface area (Å²) < 4.78 is 5.25. The zero-order valence-corrected chi connectivity index (χ0v) is 11.6. The number of nitrogens with zero attached hydrogens (tertiary/aromatic N) is 1. The number of carbonyl (C=O) groups excluding carboxylic acids is 1. The Labute approximate surface area is 109 Å². The number of ether oxygens (including phenoxy) is 1. The highest BCUT2D eigenvalue weighted by atomic mass is 35.5. The largest absolute Gasteiger partial charge is 0.460 e. The molecule has 0 bridgehead atoms. The van der Waals surface area contributed by atoms with Crippen molar-refractivity contribution in [3.8, 4) is 0 Å². The van der Waals surface area contributed by atoms with Gasteiger partial charge < -0.3 is 9.64 Å². The fourth-order valence-corrected chi connectivity index (χ4v) is 1.23. The molecule has 1 aromatic carbocycles. The molecule has 17 heavy (non-hydrogen) atoms. The van der Waals surface area contributed by atoms with Crippen molar-refractivity contribution in [1.82, 2.24) is 4.90 Å². The summed E-state index contributed by atoms with van der Waals surface area (Å²) in [4.78, 5) is 13.8. The number of likely N-dealkylation sites (N-methyl/N-ethyl adjacent to an activating group) is 1. The molecule has 0 radical (unpaired) electrons. The monoisotopic (exact) mass is 257 g/mol. The summed E-state index contributed by atoms with van der Waals surface area (Å²) in [6, 6.07) is 7.69. The van der Waals surface area contributed by atoms with Crippen LogP contribution in [0.25, 0.3) is 0 Å². The molecule has 0 saturated carbocycles. The van der Waals surface area contributed by atoms with Crippen molar-refractivity contribution < 1.29 is 9.53 Å². The molecule has 4 heteroatoms. The van der Waals surface area contributed by atoms with Crippen LogP contribution >= 0.6 is 12.4 Å². The fraction of sp³-hybridized carbons (Fsp3) is 0.462. The van der Waals surface area contributed by atoms with Gasteiger partial charge >= 0.3 is 5.97 Å². The zero-order chi connectivity index (χ0) is 12.1. The second kappa shape index (κ2) is 7.30. The lowest BCUT2D eigenvalue weighted by Gasteiger charge is -2.19. The Kier molecular flexibility index (Phi) is 6.85. The standard InChI is InChI=1S/C13H19NO2.ClH/c1-10-7-5-6-8-12(10)13(15)16-9-11(2)14(3)4;/h5-8,11H,9H2,1-4H3;1H. The maximum Gasteiger partial charge on any atom is 0.338 e. The number of esters is 1. The van der Waals surface area contributed by atoms with Crippen molar-refractivity contribution in [3.05, 3.63) is 35.4 Å². The molecule has 0 spiro atoms. The molecule has 0 fully saturated rings. The molecular weight excluding hydrogens is 238 g/mol. The van der Waals surface area contributed by atoms with E-state index in [9.17, 15) is 4.79 Å². The highest BCUT2D eigenvalue weighted by Gasteiger charge is 2.12. The van der Waals surface area contributed by atoms with Gasteiger partial charge in [-0.2, -0.15) is 0 Å². The summed E-state index contributed by atoms with van der Waals surface area (Å²) in [6.45, 7) is 4.34. The quantitative estimate of drug-likeness (QED) is 0.777. The van der Waals surface area contributed by atoms with Crippen LogP contribution in [0.5, 0.6) is 0 Å². The highest BCUT2D eigenvalue weighted by molar-refractivity contribution is 5.90. The van der Waals surface area contributed by atoms with Crippen LogP contribution in [0.15, 0.2) is 24.3 Å². The van der Waals surface area contributed by atoms with Crippen LogP contribution in [-0.2, 0) is 4.74 Å². The minimum absolute atomic E-state index is 0. The molecule has 0 aliphatic carbocycles. The van der Waals surface area contributed by atoms with Gasteiger partial charge in [0.05, 0.1) is 5.56 Å². The molecule has 0 amide bonds. The third kappa shape index (κ3) is 4.75. The summed E-state index contributed by atoms with van der Waals surface area (Å²) in [5.74, 6) is -0.244. The molecule has 0 saturated heterocycles. The molecule has 0 heterocycles. The lowest BCUT2D eigenvalue weighted by Crippen LogP contribution is -2.30. The first-order chi connectivity index (χ1) is 7.52. The van der Waals surface area contributed by atoms with E-state index in [1.807, 2.05) is 51.0 Å². The van der Waals surface area contributed by atoms with Gasteiger partial charge in [0.15, 0.2) is 0 Å². The second-order valence-electron chi connectivity index (χ2n) is 4.23. The third-order valence-corrected chi connectivity index (χ3v) is 2.70. The summed E-state index contributed by atoms with van der Waals surface area (Å²) in [7, 11) is 3.93. The SMILES string of the molecule is Cc1ccccc1C(=O)OCC(C)N(C)C.Cl. The van der Waals surface area contributed by atoms with Crippen LogP contribution in [0.1, 0.15) is 22.8 Å². The summed E-state index contributed by atoms with van der Waals surface area (Å²) in [5, 5.41) is 0. The van der Waals surface area contributed by atoms with Crippen LogP contribution in [0.2, 0.25) is 0 Å². The van der Waals surface area contributed by atoms with E-state index < -0.39 is 0 Å². The van der Waals surface area contributed by atoms with E-state index in [1.54, 1.807) is 6.07 Å². The minimum Gasteiger partial charge on any atom is -0.460 e. The number of carbonyl (C=O) groups is 1. The topological polar surface area (TPSA) is 29.5 Å². The highest BCUT2D eigenvalue weighted by Crippen LogP contribution is 2.09. The average Bonchev–Trinajstić information content (AvgIpc) is 2.25. The van der Waals surface area contributed by atoms with Gasteiger partial charge in [-0.3, -0.25) is 0 Å². The van der Waals surface area contributed by atoms with E-state index in [0.717, 1.165) is 5.56 Å². The second-order valence-corrected chi connectivity index (χ2v) is 4.23. The lowest BCUT2D eigenvalue weighted by atomic mass is 10.1. The number of benzene rings is 1. The van der Waals surface area contributed by atoms with Crippen molar-refractivity contribution in [2.75, 3.05) is 20.7 Å². The van der Waals surface area contributed by atoms with Crippen molar-refractivity contribution in [2.45, 2.75) is 19.9 Å². The zero-order valence-electron chi connectivity index (χ0n) is 10.8. The van der Waals surface area contributed by atoms with E-state index in [2.05, 4.69) is 0 Å². The molecule has 1 aromatic rings. The molecule has 0 aliphatic rings. The number of hydrogen-bond acceptors (Lipinski definition) is 3. The van der Waals surface area contributed by atoms with Crippen molar-refractivity contribution in [3.63, 3.8) is 0 Å². The van der Waals surface area contributed by atoms with Gasteiger partial charge in [-0.15, -0.1) is 12.4 Å². The van der Waals surface area contributed by atoms with Crippen LogP contribution < -0.4 is 0 Å². The van der Waals surface area contributed by atoms with Crippen LogP contribution in [-0.4, -0.2) is 37.6 Å². The number of rotatable bonds is 4. The fourth-order valence-electron chi connectivity index (χ4n) is 1.23. The van der Waals surface area contributed by atoms with E-state index in [1.165, 1.54) is 0 Å². The molecule has 3 nitrogen and oxygen atoms in total. The van der Waals surface area contributed by atoms with Crippen molar-refractivity contribution in [2.24, 2.45) is 0 Å². The van der Waals surface area contributed by atoms with Crippen LogP contribution in [0.4, 0.5) is 0 Å². The Morgan fingerprint density at radius 1 is 1.35 bits per heavy atom.